The van der Waals surface area contributed by atoms with E-state index in [4.69, 9.17) is 4.74 Å². The second kappa shape index (κ2) is 10.8. The molecule has 0 unspecified atom stereocenters. The Balaban J connectivity index is 1.39. The predicted molar refractivity (Wildman–Crippen MR) is 135 cm³/mol. The van der Waals surface area contributed by atoms with Gasteiger partial charge in [0.15, 0.2) is 0 Å². The van der Waals surface area contributed by atoms with Crippen molar-refractivity contribution >= 4 is 22.5 Å². The van der Waals surface area contributed by atoms with Crippen molar-refractivity contribution in [1.82, 2.24) is 14.4 Å². The second-order valence-electron chi connectivity index (χ2n) is 8.62. The molecule has 33 heavy (non-hydrogen) atoms. The number of fused-ring (bicyclic) bond motifs is 1. The highest BCUT2D eigenvalue weighted by atomic mass is 16.5. The van der Waals surface area contributed by atoms with E-state index in [1.54, 1.807) is 7.11 Å². The quantitative estimate of drug-likeness (QED) is 0.498. The van der Waals surface area contributed by atoms with Gasteiger partial charge in [-0.15, -0.1) is 0 Å². The summed E-state index contributed by atoms with van der Waals surface area (Å²) in [6.45, 7) is 11.1. The zero-order valence-corrected chi connectivity index (χ0v) is 20.2. The van der Waals surface area contributed by atoms with Crippen LogP contribution in [-0.2, 0) is 17.8 Å². The first-order chi connectivity index (χ1) is 16.1. The minimum absolute atomic E-state index is 0.180. The number of ether oxygens (including phenoxy) is 1. The molecule has 0 N–H and O–H groups in total. The fourth-order valence-corrected chi connectivity index (χ4v) is 4.86. The van der Waals surface area contributed by atoms with Crippen molar-refractivity contribution in [3.8, 4) is 5.75 Å². The molecule has 1 amide bonds. The van der Waals surface area contributed by atoms with Crippen molar-refractivity contribution in [2.75, 3.05) is 57.8 Å². The number of amides is 1. The van der Waals surface area contributed by atoms with Crippen molar-refractivity contribution in [3.05, 3.63) is 60.3 Å². The number of piperazine rings is 1. The van der Waals surface area contributed by atoms with Gasteiger partial charge in [-0.2, -0.15) is 0 Å². The number of carbonyl (C=O) groups excluding carboxylic acids is 1. The van der Waals surface area contributed by atoms with Gasteiger partial charge in [0.25, 0.3) is 0 Å². The van der Waals surface area contributed by atoms with Gasteiger partial charge in [-0.25, -0.2) is 0 Å². The molecule has 1 aliphatic rings. The Kier molecular flexibility index (Phi) is 7.55. The van der Waals surface area contributed by atoms with E-state index in [9.17, 15) is 4.79 Å². The number of rotatable bonds is 9. The average molecular weight is 449 g/mol. The first kappa shape index (κ1) is 23.2. The van der Waals surface area contributed by atoms with Crippen LogP contribution in [0.25, 0.3) is 10.9 Å². The average Bonchev–Trinajstić information content (AvgIpc) is 3.21. The van der Waals surface area contributed by atoms with Crippen molar-refractivity contribution in [2.45, 2.75) is 26.8 Å². The smallest absolute Gasteiger partial charge is 0.242 e. The monoisotopic (exact) mass is 448 g/mol. The van der Waals surface area contributed by atoms with E-state index in [0.29, 0.717) is 6.54 Å². The lowest BCUT2D eigenvalue weighted by atomic mass is 10.1. The summed E-state index contributed by atoms with van der Waals surface area (Å²) in [5.41, 5.74) is 3.65. The first-order valence-corrected chi connectivity index (χ1v) is 12.1. The number of hydrogen-bond acceptors (Lipinski definition) is 4. The van der Waals surface area contributed by atoms with E-state index in [1.165, 1.54) is 16.6 Å². The van der Waals surface area contributed by atoms with Crippen molar-refractivity contribution in [2.24, 2.45) is 0 Å². The standard InChI is InChI=1S/C27H36N4O2/c1-4-29(5-2)27(32)21-31-20-22(23-10-6-7-11-24(23)31)14-15-28-16-18-30(19-17-28)25-12-8-9-13-26(25)33-3/h6-13,20H,4-5,14-19,21H2,1-3H3. The largest absolute Gasteiger partial charge is 0.495 e. The Hall–Kier alpha value is -2.99. The molecule has 1 aliphatic heterocycles. The van der Waals surface area contributed by atoms with Crippen molar-refractivity contribution in [3.63, 3.8) is 0 Å². The van der Waals surface area contributed by atoms with Gasteiger partial charge < -0.3 is 19.1 Å². The third-order valence-electron chi connectivity index (χ3n) is 6.79. The summed E-state index contributed by atoms with van der Waals surface area (Å²) >= 11 is 0. The maximum Gasteiger partial charge on any atom is 0.242 e. The molecular formula is C27H36N4O2. The lowest BCUT2D eigenvalue weighted by Crippen LogP contribution is -2.47. The molecule has 0 radical (unpaired) electrons. The molecule has 2 aromatic carbocycles. The number of para-hydroxylation sites is 3. The van der Waals surface area contributed by atoms with Crippen LogP contribution in [0.2, 0.25) is 0 Å². The molecule has 1 aromatic heterocycles. The molecule has 0 atom stereocenters. The maximum atomic E-state index is 12.7. The molecule has 6 nitrogen and oxygen atoms in total. The third kappa shape index (κ3) is 5.17. The first-order valence-electron chi connectivity index (χ1n) is 12.1. The molecule has 1 saturated heterocycles. The molecule has 0 spiro atoms. The molecule has 3 aromatic rings. The molecule has 6 heteroatoms. The van der Waals surface area contributed by atoms with E-state index < -0.39 is 0 Å². The van der Waals surface area contributed by atoms with E-state index in [2.05, 4.69) is 57.0 Å². The maximum absolute atomic E-state index is 12.7. The van der Waals surface area contributed by atoms with Gasteiger partial charge >= 0.3 is 0 Å². The highest BCUT2D eigenvalue weighted by Gasteiger charge is 2.20. The Morgan fingerprint density at radius 2 is 1.67 bits per heavy atom. The summed E-state index contributed by atoms with van der Waals surface area (Å²) < 4.78 is 7.68. The van der Waals surface area contributed by atoms with Crippen LogP contribution in [0.1, 0.15) is 19.4 Å². The number of carbonyl (C=O) groups is 1. The fourth-order valence-electron chi connectivity index (χ4n) is 4.86. The normalized spacial score (nSPS) is 14.6. The lowest BCUT2D eigenvalue weighted by Gasteiger charge is -2.36. The molecule has 4 rings (SSSR count). The molecule has 2 heterocycles. The van der Waals surface area contributed by atoms with E-state index in [1.807, 2.05) is 30.9 Å². The van der Waals surface area contributed by atoms with E-state index in [-0.39, 0.29) is 5.91 Å². The van der Waals surface area contributed by atoms with Crippen LogP contribution in [0.4, 0.5) is 5.69 Å². The molecule has 0 saturated carbocycles. The fraction of sp³-hybridized carbons (Fsp3) is 0.444. The summed E-state index contributed by atoms with van der Waals surface area (Å²) in [6.07, 6.45) is 3.18. The van der Waals surface area contributed by atoms with Crippen LogP contribution in [0, 0.1) is 0 Å². The number of anilines is 1. The Labute approximate surface area is 197 Å². The van der Waals surface area contributed by atoms with Crippen LogP contribution in [0.3, 0.4) is 0 Å². The van der Waals surface area contributed by atoms with Gasteiger partial charge in [0.05, 0.1) is 12.8 Å². The minimum Gasteiger partial charge on any atom is -0.495 e. The van der Waals surface area contributed by atoms with Crippen LogP contribution in [-0.4, -0.2) is 73.2 Å². The van der Waals surface area contributed by atoms with Gasteiger partial charge in [0.1, 0.15) is 12.3 Å². The summed E-state index contributed by atoms with van der Waals surface area (Å²) in [4.78, 5) is 19.6. The summed E-state index contributed by atoms with van der Waals surface area (Å²) in [7, 11) is 1.74. The van der Waals surface area contributed by atoms with Crippen LogP contribution < -0.4 is 9.64 Å². The Bertz CT molecular complexity index is 1060. The molecule has 1 fully saturated rings. The van der Waals surface area contributed by atoms with Gasteiger partial charge in [-0.05, 0) is 44.0 Å². The summed E-state index contributed by atoms with van der Waals surface area (Å²) in [6, 6.07) is 16.7. The second-order valence-corrected chi connectivity index (χ2v) is 8.62. The zero-order valence-electron chi connectivity index (χ0n) is 20.2. The van der Waals surface area contributed by atoms with Crippen LogP contribution in [0.15, 0.2) is 54.7 Å². The summed E-state index contributed by atoms with van der Waals surface area (Å²) in [5.74, 6) is 1.12. The zero-order chi connectivity index (χ0) is 23.2. The third-order valence-corrected chi connectivity index (χ3v) is 6.79. The Morgan fingerprint density at radius 3 is 2.39 bits per heavy atom. The number of benzene rings is 2. The molecule has 176 valence electrons. The SMILES string of the molecule is CCN(CC)C(=O)Cn1cc(CCN2CCN(c3ccccc3OC)CC2)c2ccccc21. The number of methoxy groups -OCH3 is 1. The lowest BCUT2D eigenvalue weighted by molar-refractivity contribution is -0.131. The molecule has 0 bridgehead atoms. The van der Waals surface area contributed by atoms with Crippen molar-refractivity contribution < 1.29 is 9.53 Å². The van der Waals surface area contributed by atoms with Gasteiger partial charge in [-0.3, -0.25) is 9.69 Å². The number of likely N-dealkylation sites (N-methyl/N-ethyl adjacent to an activating group) is 1. The Morgan fingerprint density at radius 1 is 0.970 bits per heavy atom. The van der Waals surface area contributed by atoms with Crippen molar-refractivity contribution in [1.29, 1.82) is 0 Å². The topological polar surface area (TPSA) is 41.0 Å². The highest BCUT2D eigenvalue weighted by Crippen LogP contribution is 2.28. The van der Waals surface area contributed by atoms with Crippen LogP contribution >= 0.6 is 0 Å². The minimum atomic E-state index is 0.180. The van der Waals surface area contributed by atoms with E-state index >= 15 is 0 Å². The van der Waals surface area contributed by atoms with E-state index in [0.717, 1.165) is 63.5 Å². The van der Waals surface area contributed by atoms with Gasteiger partial charge in [0.2, 0.25) is 5.91 Å². The van der Waals surface area contributed by atoms with Crippen LogP contribution in [0.5, 0.6) is 5.75 Å². The van der Waals surface area contributed by atoms with Gasteiger partial charge in [0, 0.05) is 62.9 Å². The number of nitrogens with zero attached hydrogens (tertiary/aromatic N) is 4. The predicted octanol–water partition coefficient (Wildman–Crippen LogP) is 3.88. The molecular weight excluding hydrogens is 412 g/mol. The molecule has 0 aliphatic carbocycles. The highest BCUT2D eigenvalue weighted by molar-refractivity contribution is 5.86. The number of hydrogen-bond donors (Lipinski definition) is 0. The van der Waals surface area contributed by atoms with Gasteiger partial charge in [-0.1, -0.05) is 30.3 Å². The number of aromatic nitrogens is 1. The summed E-state index contributed by atoms with van der Waals surface area (Å²) in [5, 5.41) is 1.26.